The number of carbonyl (C=O) groups is 3. The highest BCUT2D eigenvalue weighted by Gasteiger charge is 2.14. The molecule has 8 nitrogen and oxygen atoms in total. The molecule has 0 heterocycles. The normalized spacial score (nSPS) is 10.3. The summed E-state index contributed by atoms with van der Waals surface area (Å²) in [6.07, 6.45) is -0.0379. The van der Waals surface area contributed by atoms with Crippen molar-refractivity contribution in [2.75, 3.05) is 39.1 Å². The lowest BCUT2D eigenvalue weighted by atomic mass is 10.3. The number of nitrogens with one attached hydrogen (secondary N) is 2. The number of nitrogens with two attached hydrogens (primary N) is 1. The van der Waals surface area contributed by atoms with Crippen molar-refractivity contribution < 1.29 is 19.1 Å². The maximum atomic E-state index is 11.7. The lowest BCUT2D eigenvalue weighted by Gasteiger charge is -2.13. The fraction of sp³-hybridized carbons (Fsp3) is 0.400. The predicted octanol–water partition coefficient (Wildman–Crippen LogP) is 0.211. The Morgan fingerprint density at radius 3 is 2.54 bits per heavy atom. The van der Waals surface area contributed by atoms with Crippen molar-refractivity contribution in [1.82, 2.24) is 10.2 Å². The van der Waals surface area contributed by atoms with Gasteiger partial charge in [-0.15, -0.1) is 0 Å². The molecule has 24 heavy (non-hydrogen) atoms. The quantitative estimate of drug-likeness (QED) is 0.576. The Bertz CT molecular complexity index is 607. The van der Waals surface area contributed by atoms with Gasteiger partial charge in [-0.3, -0.25) is 14.4 Å². The zero-order chi connectivity index (χ0) is 18.1. The van der Waals surface area contributed by atoms with Gasteiger partial charge < -0.3 is 26.0 Å². The monoisotopic (exact) mass is 356 g/mol. The van der Waals surface area contributed by atoms with E-state index in [-0.39, 0.29) is 13.0 Å². The first-order valence-electron chi connectivity index (χ1n) is 7.24. The number of hydrogen-bond donors (Lipinski definition) is 3. The van der Waals surface area contributed by atoms with Crippen molar-refractivity contribution in [2.24, 2.45) is 5.73 Å². The van der Waals surface area contributed by atoms with Crippen LogP contribution in [0, 0.1) is 0 Å². The highest BCUT2D eigenvalue weighted by molar-refractivity contribution is 6.40. The standard InChI is InChI=1S/C15H21ClN4O4/c1-20(2)7-8-24-12-4-3-10(9-11(12)16)19-15(23)14(22)18-6-5-13(17)21/h3-4,9H,5-8H2,1-2H3,(H2,17,21)(H,18,22)(H,19,23). The van der Waals surface area contributed by atoms with Gasteiger partial charge in [-0.05, 0) is 32.3 Å². The third-order valence-corrected chi connectivity index (χ3v) is 3.14. The lowest BCUT2D eigenvalue weighted by molar-refractivity contribution is -0.136. The second-order valence-corrected chi connectivity index (χ2v) is 5.63. The summed E-state index contributed by atoms with van der Waals surface area (Å²) in [5.41, 5.74) is 5.30. The van der Waals surface area contributed by atoms with E-state index in [1.807, 2.05) is 19.0 Å². The zero-order valence-electron chi connectivity index (χ0n) is 13.6. The molecule has 0 aliphatic heterocycles. The molecule has 4 N–H and O–H groups in total. The van der Waals surface area contributed by atoms with E-state index in [2.05, 4.69) is 10.6 Å². The lowest BCUT2D eigenvalue weighted by Crippen LogP contribution is -2.37. The van der Waals surface area contributed by atoms with Crippen molar-refractivity contribution in [2.45, 2.75) is 6.42 Å². The van der Waals surface area contributed by atoms with Gasteiger partial charge in [0.1, 0.15) is 12.4 Å². The number of anilines is 1. The number of carbonyl (C=O) groups excluding carboxylic acids is 3. The van der Waals surface area contributed by atoms with Crippen molar-refractivity contribution in [3.63, 3.8) is 0 Å². The molecule has 9 heteroatoms. The molecule has 0 atom stereocenters. The van der Waals surface area contributed by atoms with E-state index in [1.165, 1.54) is 6.07 Å². The minimum Gasteiger partial charge on any atom is -0.491 e. The van der Waals surface area contributed by atoms with Crippen LogP contribution in [0.5, 0.6) is 5.75 Å². The topological polar surface area (TPSA) is 114 Å². The van der Waals surface area contributed by atoms with Gasteiger partial charge >= 0.3 is 11.8 Å². The Morgan fingerprint density at radius 2 is 1.96 bits per heavy atom. The summed E-state index contributed by atoms with van der Waals surface area (Å²) < 4.78 is 5.52. The van der Waals surface area contributed by atoms with E-state index < -0.39 is 17.7 Å². The molecule has 0 aromatic heterocycles. The molecule has 3 amide bonds. The van der Waals surface area contributed by atoms with Crippen LogP contribution >= 0.6 is 11.6 Å². The summed E-state index contributed by atoms with van der Waals surface area (Å²) in [7, 11) is 3.86. The minimum absolute atomic E-state index is 0.000988. The first kappa shape index (κ1) is 19.7. The van der Waals surface area contributed by atoms with E-state index in [0.29, 0.717) is 23.1 Å². The fourth-order valence-corrected chi connectivity index (χ4v) is 1.84. The third kappa shape index (κ3) is 7.30. The Kier molecular flexibility index (Phi) is 8.00. The molecule has 0 saturated carbocycles. The number of rotatable bonds is 8. The highest BCUT2D eigenvalue weighted by atomic mass is 35.5. The number of ether oxygens (including phenoxy) is 1. The minimum atomic E-state index is -0.864. The van der Waals surface area contributed by atoms with Gasteiger partial charge in [0.15, 0.2) is 0 Å². The molecular formula is C15H21ClN4O4. The molecule has 0 aliphatic carbocycles. The summed E-state index contributed by atoms with van der Waals surface area (Å²) in [5.74, 6) is -1.80. The number of nitrogens with zero attached hydrogens (tertiary/aromatic N) is 1. The van der Waals surface area contributed by atoms with Crippen LogP contribution < -0.4 is 21.1 Å². The van der Waals surface area contributed by atoms with Crippen LogP contribution in [-0.4, -0.2) is 56.4 Å². The van der Waals surface area contributed by atoms with E-state index in [4.69, 9.17) is 22.1 Å². The van der Waals surface area contributed by atoms with Crippen LogP contribution in [0.4, 0.5) is 5.69 Å². The van der Waals surface area contributed by atoms with E-state index in [1.54, 1.807) is 12.1 Å². The summed E-state index contributed by atoms with van der Waals surface area (Å²) in [5, 5.41) is 5.01. The molecule has 1 aromatic rings. The number of primary amides is 1. The summed E-state index contributed by atoms with van der Waals surface area (Å²) in [6.45, 7) is 1.21. The van der Waals surface area contributed by atoms with E-state index in [9.17, 15) is 14.4 Å². The number of benzene rings is 1. The number of halogens is 1. The predicted molar refractivity (Wildman–Crippen MR) is 91.0 cm³/mol. The summed E-state index contributed by atoms with van der Waals surface area (Å²) in [6, 6.07) is 4.67. The Balaban J connectivity index is 2.52. The Morgan fingerprint density at radius 1 is 1.25 bits per heavy atom. The molecule has 0 saturated heterocycles. The largest absolute Gasteiger partial charge is 0.491 e. The van der Waals surface area contributed by atoms with Gasteiger partial charge in [-0.2, -0.15) is 0 Å². The molecular weight excluding hydrogens is 336 g/mol. The van der Waals surface area contributed by atoms with Crippen LogP contribution in [-0.2, 0) is 14.4 Å². The number of amides is 3. The summed E-state index contributed by atoms with van der Waals surface area (Å²) >= 11 is 6.08. The first-order chi connectivity index (χ1) is 11.3. The smallest absolute Gasteiger partial charge is 0.313 e. The molecule has 132 valence electrons. The van der Waals surface area contributed by atoms with E-state index >= 15 is 0 Å². The molecule has 0 spiro atoms. The van der Waals surface area contributed by atoms with Crippen LogP contribution in [0.1, 0.15) is 6.42 Å². The molecule has 0 radical (unpaired) electrons. The molecule has 0 fully saturated rings. The van der Waals surface area contributed by atoms with Gasteiger partial charge in [-0.25, -0.2) is 0 Å². The average molecular weight is 357 g/mol. The van der Waals surface area contributed by atoms with Gasteiger partial charge in [0, 0.05) is 25.2 Å². The maximum absolute atomic E-state index is 11.7. The SMILES string of the molecule is CN(C)CCOc1ccc(NC(=O)C(=O)NCCC(N)=O)cc1Cl. The maximum Gasteiger partial charge on any atom is 0.313 e. The highest BCUT2D eigenvalue weighted by Crippen LogP contribution is 2.27. The van der Waals surface area contributed by atoms with Crippen LogP contribution in [0.15, 0.2) is 18.2 Å². The van der Waals surface area contributed by atoms with Gasteiger partial charge in [0.25, 0.3) is 0 Å². The molecule has 0 unspecified atom stereocenters. The van der Waals surface area contributed by atoms with Gasteiger partial charge in [-0.1, -0.05) is 11.6 Å². The second-order valence-electron chi connectivity index (χ2n) is 5.22. The van der Waals surface area contributed by atoms with Crippen molar-refractivity contribution in [1.29, 1.82) is 0 Å². The second kappa shape index (κ2) is 9.74. The Labute approximate surface area is 145 Å². The van der Waals surface area contributed by atoms with Crippen molar-refractivity contribution in [3.8, 4) is 5.75 Å². The summed E-state index contributed by atoms with van der Waals surface area (Å²) in [4.78, 5) is 35.8. The number of likely N-dealkylation sites (N-methyl/N-ethyl adjacent to an activating group) is 1. The van der Waals surface area contributed by atoms with Crippen LogP contribution in [0.3, 0.4) is 0 Å². The van der Waals surface area contributed by atoms with Crippen LogP contribution in [0.25, 0.3) is 0 Å². The van der Waals surface area contributed by atoms with E-state index in [0.717, 1.165) is 6.54 Å². The van der Waals surface area contributed by atoms with Crippen LogP contribution in [0.2, 0.25) is 5.02 Å². The van der Waals surface area contributed by atoms with Crippen molar-refractivity contribution >= 4 is 35.0 Å². The van der Waals surface area contributed by atoms with Gasteiger partial charge in [0.05, 0.1) is 5.02 Å². The first-order valence-corrected chi connectivity index (χ1v) is 7.62. The zero-order valence-corrected chi connectivity index (χ0v) is 14.4. The van der Waals surface area contributed by atoms with Gasteiger partial charge in [0.2, 0.25) is 5.91 Å². The number of hydrogen-bond acceptors (Lipinski definition) is 5. The molecule has 0 aliphatic rings. The molecule has 1 aromatic carbocycles. The third-order valence-electron chi connectivity index (χ3n) is 2.85. The fourth-order valence-electron chi connectivity index (χ4n) is 1.60. The van der Waals surface area contributed by atoms with Crippen molar-refractivity contribution in [3.05, 3.63) is 23.2 Å². The molecule has 0 bridgehead atoms. The Hall–Kier alpha value is -2.32. The molecule has 1 rings (SSSR count). The average Bonchev–Trinajstić information content (AvgIpc) is 2.48.